The van der Waals surface area contributed by atoms with Crippen molar-refractivity contribution in [3.8, 4) is 11.5 Å². The minimum absolute atomic E-state index is 0.0325. The highest BCUT2D eigenvalue weighted by Gasteiger charge is 2.34. The number of ether oxygens (including phenoxy) is 3. The minimum Gasteiger partial charge on any atom is -0.484 e. The van der Waals surface area contributed by atoms with Gasteiger partial charge < -0.3 is 25.7 Å². The van der Waals surface area contributed by atoms with Crippen molar-refractivity contribution in [2.45, 2.75) is 18.2 Å². The van der Waals surface area contributed by atoms with Crippen LogP contribution in [0.4, 0.5) is 33.3 Å². The van der Waals surface area contributed by atoms with E-state index in [0.717, 1.165) is 42.5 Å². The molecule has 1 unspecified atom stereocenters. The lowest BCUT2D eigenvalue weighted by Crippen LogP contribution is -2.22. The summed E-state index contributed by atoms with van der Waals surface area (Å²) < 4.78 is 80.1. The highest BCUT2D eigenvalue weighted by Crippen LogP contribution is 2.33. The van der Waals surface area contributed by atoms with Crippen LogP contribution in [0.25, 0.3) is 6.08 Å². The number of esters is 1. The van der Waals surface area contributed by atoms with Crippen LogP contribution in [0.5, 0.6) is 11.5 Å². The Balaban J connectivity index is 1.53. The SMILES string of the molecule is [CH2]C(COC(=O)/C=C/c1ccc(C(F)(F)Oc2ccc(OCC(F)(F)F)cc2)cc1)c1ccc(N)cc1N. The molecule has 11 heteroatoms. The van der Waals surface area contributed by atoms with Crippen LogP contribution in [0.1, 0.15) is 22.6 Å². The quantitative estimate of drug-likeness (QED) is 0.141. The Morgan fingerprint density at radius 1 is 0.921 bits per heavy atom. The summed E-state index contributed by atoms with van der Waals surface area (Å²) in [5, 5.41) is 0. The van der Waals surface area contributed by atoms with Crippen LogP contribution in [0.3, 0.4) is 0 Å². The van der Waals surface area contributed by atoms with Gasteiger partial charge in [-0.1, -0.05) is 18.2 Å². The lowest BCUT2D eigenvalue weighted by Gasteiger charge is -2.18. The Hall–Kier alpha value is -4.28. The number of hydrogen-bond acceptors (Lipinski definition) is 6. The second-order valence-electron chi connectivity index (χ2n) is 8.16. The van der Waals surface area contributed by atoms with Gasteiger partial charge in [-0.15, -0.1) is 0 Å². The number of nitrogen functional groups attached to an aromatic ring is 2. The van der Waals surface area contributed by atoms with E-state index < -0.39 is 36.3 Å². The summed E-state index contributed by atoms with van der Waals surface area (Å²) in [7, 11) is 0. The monoisotopic (exact) mass is 535 g/mol. The Labute approximate surface area is 215 Å². The predicted molar refractivity (Wildman–Crippen MR) is 132 cm³/mol. The van der Waals surface area contributed by atoms with Crippen molar-refractivity contribution in [2.75, 3.05) is 24.7 Å². The second-order valence-corrected chi connectivity index (χ2v) is 8.16. The van der Waals surface area contributed by atoms with Crippen LogP contribution in [0, 0.1) is 6.92 Å². The number of carbonyl (C=O) groups excluding carboxylic acids is 1. The first-order valence-corrected chi connectivity index (χ1v) is 11.1. The number of alkyl halides is 5. The molecule has 3 aromatic rings. The maximum Gasteiger partial charge on any atom is 0.426 e. The maximum atomic E-state index is 14.5. The zero-order valence-electron chi connectivity index (χ0n) is 19.9. The first kappa shape index (κ1) is 28.3. The standard InChI is InChI=1S/C27H24F5N2O4/c1-17(23-12-7-20(33)14-24(23)34)15-36-25(35)13-4-18-2-5-19(6-3-18)27(31,32)38-22-10-8-21(9-11-22)37-16-26(28,29)30/h2-14,17H,1,15-16,33-34H2/b13-4+. The zero-order valence-corrected chi connectivity index (χ0v) is 19.9. The normalized spacial score (nSPS) is 12.8. The molecule has 38 heavy (non-hydrogen) atoms. The third-order valence-corrected chi connectivity index (χ3v) is 5.11. The van der Waals surface area contributed by atoms with Gasteiger partial charge in [0.05, 0.1) is 12.2 Å². The fourth-order valence-electron chi connectivity index (χ4n) is 3.21. The van der Waals surface area contributed by atoms with Crippen molar-refractivity contribution in [2.24, 2.45) is 0 Å². The largest absolute Gasteiger partial charge is 0.484 e. The molecule has 0 amide bonds. The Bertz CT molecular complexity index is 1260. The molecule has 0 bridgehead atoms. The molecule has 0 spiro atoms. The zero-order chi connectivity index (χ0) is 27.9. The summed E-state index contributed by atoms with van der Waals surface area (Å²) in [4.78, 5) is 12.0. The van der Waals surface area contributed by atoms with Crippen molar-refractivity contribution >= 4 is 23.4 Å². The first-order valence-electron chi connectivity index (χ1n) is 11.1. The minimum atomic E-state index is -4.52. The number of rotatable bonds is 10. The van der Waals surface area contributed by atoms with Gasteiger partial charge in [-0.05, 0) is 72.7 Å². The summed E-state index contributed by atoms with van der Waals surface area (Å²) in [6.07, 6.45) is -5.72. The van der Waals surface area contributed by atoms with Gasteiger partial charge in [0.1, 0.15) is 11.5 Å². The van der Waals surface area contributed by atoms with E-state index >= 15 is 0 Å². The number of benzene rings is 3. The van der Waals surface area contributed by atoms with Gasteiger partial charge in [-0.25, -0.2) is 4.79 Å². The Morgan fingerprint density at radius 3 is 2.16 bits per heavy atom. The van der Waals surface area contributed by atoms with E-state index in [2.05, 4.69) is 11.7 Å². The molecule has 4 N–H and O–H groups in total. The molecule has 6 nitrogen and oxygen atoms in total. The summed E-state index contributed by atoms with van der Waals surface area (Å²) in [6, 6.07) is 14.2. The van der Waals surface area contributed by atoms with E-state index in [1.807, 2.05) is 0 Å². The van der Waals surface area contributed by atoms with E-state index in [-0.39, 0.29) is 18.1 Å². The molecule has 0 aromatic heterocycles. The fourth-order valence-corrected chi connectivity index (χ4v) is 3.21. The number of hydrogen-bond donors (Lipinski definition) is 2. The lowest BCUT2D eigenvalue weighted by molar-refractivity contribution is -0.185. The van der Waals surface area contributed by atoms with Gasteiger partial charge in [-0.2, -0.15) is 22.0 Å². The van der Waals surface area contributed by atoms with Crippen molar-refractivity contribution in [3.63, 3.8) is 0 Å². The predicted octanol–water partition coefficient (Wildman–Crippen LogP) is 6.09. The van der Waals surface area contributed by atoms with Crippen molar-refractivity contribution in [1.29, 1.82) is 0 Å². The summed E-state index contributed by atoms with van der Waals surface area (Å²) in [5.41, 5.74) is 13.2. The maximum absolute atomic E-state index is 14.5. The molecular weight excluding hydrogens is 511 g/mol. The number of halogens is 5. The van der Waals surface area contributed by atoms with Crippen LogP contribution < -0.4 is 20.9 Å². The van der Waals surface area contributed by atoms with E-state index in [0.29, 0.717) is 22.5 Å². The Kier molecular flexibility index (Phi) is 8.82. The summed E-state index contributed by atoms with van der Waals surface area (Å²) in [6.45, 7) is 2.39. The van der Waals surface area contributed by atoms with Gasteiger partial charge in [0, 0.05) is 23.4 Å². The molecule has 3 rings (SSSR count). The second kappa shape index (κ2) is 11.8. The number of nitrogens with two attached hydrogens (primary N) is 2. The molecule has 1 atom stereocenters. The molecule has 0 saturated carbocycles. The van der Waals surface area contributed by atoms with Crippen molar-refractivity contribution < 1.29 is 41.0 Å². The molecule has 0 fully saturated rings. The van der Waals surface area contributed by atoms with Gasteiger partial charge in [0.2, 0.25) is 0 Å². The highest BCUT2D eigenvalue weighted by atomic mass is 19.4. The average Bonchev–Trinajstić information content (AvgIpc) is 2.85. The van der Waals surface area contributed by atoms with Crippen LogP contribution in [0.2, 0.25) is 0 Å². The van der Waals surface area contributed by atoms with E-state index in [1.165, 1.54) is 18.2 Å². The third kappa shape index (κ3) is 8.39. The highest BCUT2D eigenvalue weighted by molar-refractivity contribution is 5.87. The number of carbonyl (C=O) groups is 1. The molecule has 201 valence electrons. The molecule has 3 aromatic carbocycles. The van der Waals surface area contributed by atoms with Crippen molar-refractivity contribution in [3.05, 3.63) is 96.4 Å². The van der Waals surface area contributed by atoms with Crippen LogP contribution >= 0.6 is 0 Å². The molecule has 0 heterocycles. The van der Waals surface area contributed by atoms with Crippen LogP contribution in [-0.2, 0) is 15.6 Å². The van der Waals surface area contributed by atoms with E-state index in [9.17, 15) is 26.7 Å². The fraction of sp³-hybridized carbons (Fsp3) is 0.185. The lowest BCUT2D eigenvalue weighted by atomic mass is 10.00. The topological polar surface area (TPSA) is 96.8 Å². The first-order chi connectivity index (χ1) is 17.8. The van der Waals surface area contributed by atoms with Crippen LogP contribution in [0.15, 0.2) is 72.8 Å². The molecule has 1 radical (unpaired) electrons. The van der Waals surface area contributed by atoms with Crippen molar-refractivity contribution in [1.82, 2.24) is 0 Å². The average molecular weight is 535 g/mol. The van der Waals surface area contributed by atoms with Gasteiger partial charge in [-0.3, -0.25) is 0 Å². The molecule has 0 saturated heterocycles. The van der Waals surface area contributed by atoms with Gasteiger partial charge >= 0.3 is 18.3 Å². The van der Waals surface area contributed by atoms with Gasteiger partial charge in [0.25, 0.3) is 0 Å². The molecule has 0 aliphatic carbocycles. The Morgan fingerprint density at radius 2 is 1.55 bits per heavy atom. The van der Waals surface area contributed by atoms with Gasteiger partial charge in [0.15, 0.2) is 6.61 Å². The van der Waals surface area contributed by atoms with Crippen LogP contribution in [-0.4, -0.2) is 25.4 Å². The number of anilines is 2. The smallest absolute Gasteiger partial charge is 0.426 e. The summed E-state index contributed by atoms with van der Waals surface area (Å²) >= 11 is 0. The summed E-state index contributed by atoms with van der Waals surface area (Å²) in [5.74, 6) is -1.50. The molecular formula is C27H24F5N2O4. The molecule has 0 aliphatic rings. The third-order valence-electron chi connectivity index (χ3n) is 5.11. The van der Waals surface area contributed by atoms with E-state index in [1.54, 1.807) is 18.2 Å². The van der Waals surface area contributed by atoms with E-state index in [4.69, 9.17) is 20.9 Å². The molecule has 0 aliphatic heterocycles.